The number of nitrogens with two attached hydrogens (primary N) is 1. The van der Waals surface area contributed by atoms with E-state index in [2.05, 4.69) is 29.4 Å². The van der Waals surface area contributed by atoms with Crippen molar-refractivity contribution in [3.63, 3.8) is 0 Å². The molecular weight excluding hydrogens is 260 g/mol. The molecular formula is C17H24N4. The summed E-state index contributed by atoms with van der Waals surface area (Å²) < 4.78 is 2.52. The van der Waals surface area contributed by atoms with Gasteiger partial charge in [-0.1, -0.05) is 13.8 Å². The lowest BCUT2D eigenvalue weighted by Crippen LogP contribution is -2.28. The molecule has 1 aromatic carbocycles. The molecule has 2 aromatic rings. The van der Waals surface area contributed by atoms with Crippen LogP contribution in [0.5, 0.6) is 0 Å². The fourth-order valence-electron chi connectivity index (χ4n) is 4.25. The minimum Gasteiger partial charge on any atom is -0.399 e. The zero-order valence-electron chi connectivity index (χ0n) is 12.9. The van der Waals surface area contributed by atoms with Gasteiger partial charge in [0.05, 0.1) is 17.1 Å². The quantitative estimate of drug-likeness (QED) is 0.862. The lowest BCUT2D eigenvalue weighted by atomic mass is 10.0. The van der Waals surface area contributed by atoms with Crippen molar-refractivity contribution in [1.82, 2.24) is 14.5 Å². The van der Waals surface area contributed by atoms with Gasteiger partial charge in [-0.25, -0.2) is 4.98 Å². The first-order valence-electron chi connectivity index (χ1n) is 8.16. The fraction of sp³-hybridized carbons (Fsp3) is 0.588. The Morgan fingerprint density at radius 2 is 2.05 bits per heavy atom. The molecule has 4 heteroatoms. The largest absolute Gasteiger partial charge is 0.399 e. The van der Waals surface area contributed by atoms with Gasteiger partial charge in [0.15, 0.2) is 0 Å². The highest BCUT2D eigenvalue weighted by molar-refractivity contribution is 5.80. The first-order chi connectivity index (χ1) is 10.1. The van der Waals surface area contributed by atoms with Gasteiger partial charge in [-0.05, 0) is 44.0 Å². The number of hydrogen-bond acceptors (Lipinski definition) is 3. The van der Waals surface area contributed by atoms with Crippen LogP contribution in [-0.2, 0) is 0 Å². The minimum absolute atomic E-state index is 0.439. The Labute approximate surface area is 125 Å². The van der Waals surface area contributed by atoms with Gasteiger partial charge < -0.3 is 10.3 Å². The van der Waals surface area contributed by atoms with Crippen molar-refractivity contribution < 1.29 is 0 Å². The molecule has 2 fully saturated rings. The van der Waals surface area contributed by atoms with Crippen molar-refractivity contribution in [1.29, 1.82) is 0 Å². The maximum absolute atomic E-state index is 5.94. The van der Waals surface area contributed by atoms with Crippen LogP contribution in [0.3, 0.4) is 0 Å². The maximum Gasteiger partial charge on any atom is 0.112 e. The summed E-state index contributed by atoms with van der Waals surface area (Å²) in [5.41, 5.74) is 9.05. The Kier molecular flexibility index (Phi) is 2.96. The highest BCUT2D eigenvalue weighted by Crippen LogP contribution is 2.39. The summed E-state index contributed by atoms with van der Waals surface area (Å²) in [5, 5.41) is 0. The Balaban J connectivity index is 1.88. The average molecular weight is 284 g/mol. The molecule has 2 saturated heterocycles. The second-order valence-corrected chi connectivity index (χ2v) is 6.84. The van der Waals surface area contributed by atoms with E-state index in [1.54, 1.807) is 0 Å². The lowest BCUT2D eigenvalue weighted by molar-refractivity contribution is 0.289. The third-order valence-electron chi connectivity index (χ3n) is 5.16. The number of rotatable bonds is 2. The molecule has 0 spiro atoms. The molecule has 0 aliphatic carbocycles. The van der Waals surface area contributed by atoms with E-state index in [0.717, 1.165) is 11.2 Å². The van der Waals surface area contributed by atoms with E-state index in [4.69, 9.17) is 10.7 Å². The second kappa shape index (κ2) is 4.73. The minimum atomic E-state index is 0.439. The predicted octanol–water partition coefficient (Wildman–Crippen LogP) is 3.15. The molecule has 2 aliphatic heterocycles. The first kappa shape index (κ1) is 13.1. The van der Waals surface area contributed by atoms with Crippen molar-refractivity contribution in [3.05, 3.63) is 24.0 Å². The normalized spacial score (nSPS) is 26.0. The zero-order chi connectivity index (χ0) is 14.6. The van der Waals surface area contributed by atoms with Crippen molar-refractivity contribution in [2.45, 2.75) is 51.1 Å². The zero-order valence-corrected chi connectivity index (χ0v) is 12.9. The number of fused-ring (bicyclic) bond motifs is 2. The molecule has 2 aliphatic rings. The van der Waals surface area contributed by atoms with Crippen LogP contribution in [0.25, 0.3) is 11.0 Å². The molecule has 21 heavy (non-hydrogen) atoms. The van der Waals surface area contributed by atoms with Crippen LogP contribution in [0.2, 0.25) is 0 Å². The molecule has 0 radical (unpaired) electrons. The summed E-state index contributed by atoms with van der Waals surface area (Å²) in [5.74, 6) is 1.66. The van der Waals surface area contributed by atoms with E-state index < -0.39 is 0 Å². The Hall–Kier alpha value is -1.55. The van der Waals surface area contributed by atoms with Gasteiger partial charge >= 0.3 is 0 Å². The van der Waals surface area contributed by atoms with Crippen LogP contribution in [0.15, 0.2) is 18.2 Å². The van der Waals surface area contributed by atoms with Crippen LogP contribution in [0.1, 0.15) is 50.9 Å². The summed E-state index contributed by atoms with van der Waals surface area (Å²) in [4.78, 5) is 7.56. The van der Waals surface area contributed by atoms with E-state index in [9.17, 15) is 0 Å². The van der Waals surface area contributed by atoms with Crippen LogP contribution in [0.4, 0.5) is 5.69 Å². The van der Waals surface area contributed by atoms with Crippen molar-refractivity contribution in [2.24, 2.45) is 0 Å². The van der Waals surface area contributed by atoms with Crippen LogP contribution >= 0.6 is 0 Å². The fourth-order valence-corrected chi connectivity index (χ4v) is 4.25. The number of nitrogens with zero attached hydrogens (tertiary/aromatic N) is 3. The Bertz CT molecular complexity index is 673. The molecule has 3 heterocycles. The number of hydrogen-bond donors (Lipinski definition) is 1. The van der Waals surface area contributed by atoms with E-state index in [1.807, 2.05) is 12.1 Å². The van der Waals surface area contributed by atoms with E-state index in [1.165, 1.54) is 43.7 Å². The molecule has 4 rings (SSSR count). The molecule has 2 N–H and O–H groups in total. The average Bonchev–Trinajstić information content (AvgIpc) is 3.10. The van der Waals surface area contributed by atoms with Crippen LogP contribution in [-0.4, -0.2) is 33.6 Å². The number of benzene rings is 1. The third-order valence-corrected chi connectivity index (χ3v) is 5.16. The monoisotopic (exact) mass is 284 g/mol. The summed E-state index contributed by atoms with van der Waals surface area (Å²) in [7, 11) is 0. The topological polar surface area (TPSA) is 47.1 Å². The van der Waals surface area contributed by atoms with E-state index in [-0.39, 0.29) is 0 Å². The molecule has 2 atom stereocenters. The van der Waals surface area contributed by atoms with E-state index >= 15 is 0 Å². The molecule has 2 unspecified atom stereocenters. The molecule has 1 aromatic heterocycles. The SMILES string of the molecule is CC(C)c1nc2cc(N)ccc2n1C1CCN2CCCC12. The Morgan fingerprint density at radius 1 is 1.19 bits per heavy atom. The van der Waals surface area contributed by atoms with Gasteiger partial charge in [-0.3, -0.25) is 4.90 Å². The molecule has 4 nitrogen and oxygen atoms in total. The highest BCUT2D eigenvalue weighted by atomic mass is 15.3. The number of imidazole rings is 1. The van der Waals surface area contributed by atoms with Gasteiger partial charge in [0.2, 0.25) is 0 Å². The van der Waals surface area contributed by atoms with Gasteiger partial charge in [0.25, 0.3) is 0 Å². The summed E-state index contributed by atoms with van der Waals surface area (Å²) in [6, 6.07) is 7.46. The van der Waals surface area contributed by atoms with E-state index in [0.29, 0.717) is 18.0 Å². The third kappa shape index (κ3) is 1.96. The highest BCUT2D eigenvalue weighted by Gasteiger charge is 2.39. The Morgan fingerprint density at radius 3 is 2.86 bits per heavy atom. The lowest BCUT2D eigenvalue weighted by Gasteiger charge is -2.25. The summed E-state index contributed by atoms with van der Waals surface area (Å²) in [6.45, 7) is 6.99. The van der Waals surface area contributed by atoms with Gasteiger partial charge in [-0.15, -0.1) is 0 Å². The standard InChI is InChI=1S/C17H24N4/c1-11(2)17-19-13-10-12(18)5-6-14(13)21(17)16-7-9-20-8-3-4-15(16)20/h5-6,10-11,15-16H,3-4,7-9,18H2,1-2H3. The van der Waals surface area contributed by atoms with Gasteiger partial charge in [0.1, 0.15) is 5.82 Å². The molecule has 112 valence electrons. The molecule has 0 saturated carbocycles. The number of aromatic nitrogens is 2. The van der Waals surface area contributed by atoms with Gasteiger partial charge in [0, 0.05) is 24.2 Å². The van der Waals surface area contributed by atoms with Crippen LogP contribution in [0, 0.1) is 0 Å². The van der Waals surface area contributed by atoms with Crippen molar-refractivity contribution in [3.8, 4) is 0 Å². The smallest absolute Gasteiger partial charge is 0.112 e. The number of anilines is 1. The van der Waals surface area contributed by atoms with Crippen molar-refractivity contribution >= 4 is 16.7 Å². The summed E-state index contributed by atoms with van der Waals surface area (Å²) in [6.07, 6.45) is 3.93. The maximum atomic E-state index is 5.94. The van der Waals surface area contributed by atoms with Crippen LogP contribution < -0.4 is 5.73 Å². The molecule has 0 amide bonds. The first-order valence-corrected chi connectivity index (χ1v) is 8.16. The number of nitrogen functional groups attached to an aromatic ring is 1. The predicted molar refractivity (Wildman–Crippen MR) is 86.5 cm³/mol. The van der Waals surface area contributed by atoms with Gasteiger partial charge in [-0.2, -0.15) is 0 Å². The second-order valence-electron chi connectivity index (χ2n) is 6.84. The summed E-state index contributed by atoms with van der Waals surface area (Å²) >= 11 is 0. The molecule has 0 bridgehead atoms. The van der Waals surface area contributed by atoms with Crippen molar-refractivity contribution in [2.75, 3.05) is 18.8 Å².